The van der Waals surface area contributed by atoms with E-state index in [0.29, 0.717) is 34.1 Å². The number of carboxylic acids is 1. The number of aliphatic carboxylic acids is 1. The molecule has 0 fully saturated rings. The fraction of sp³-hybridized carbons (Fsp3) is 0.146. The molecule has 0 saturated carbocycles. The summed E-state index contributed by atoms with van der Waals surface area (Å²) in [6.07, 6.45) is -2.48. The van der Waals surface area contributed by atoms with Crippen molar-refractivity contribution < 1.29 is 62.6 Å². The maximum absolute atomic E-state index is 13.5. The van der Waals surface area contributed by atoms with Crippen molar-refractivity contribution in [2.24, 2.45) is 0 Å². The van der Waals surface area contributed by atoms with E-state index < -0.39 is 47.9 Å². The molecule has 6 rings (SSSR count). The molecule has 0 aliphatic carbocycles. The average Bonchev–Trinajstić information content (AvgIpc) is 3.25. The second-order valence-electron chi connectivity index (χ2n) is 13.9. The van der Waals surface area contributed by atoms with Crippen LogP contribution in [-0.4, -0.2) is 59.5 Å². The standard InChI is InChI=1S/C48H40O13/c1-29-5-9-31(10-6-29)45(51)33-13-23-39(58-37-19-15-35(56-3)16-20-37)41(25-33)60-43(49)27-48(55,47(53)54)28-44(50)61-42-26-34(46(52)32-11-7-30(2)8-12-32)14-24-40(42)59-38-21-17-36(57-4)18-22-38/h5-26,55H,27-28H2,1-4H3,(H,53,54). The predicted octanol–water partition coefficient (Wildman–Crippen LogP) is 8.47. The van der Waals surface area contributed by atoms with Gasteiger partial charge in [0.2, 0.25) is 0 Å². The fourth-order valence-electron chi connectivity index (χ4n) is 5.92. The van der Waals surface area contributed by atoms with Crippen LogP contribution < -0.4 is 28.4 Å². The van der Waals surface area contributed by atoms with E-state index >= 15 is 0 Å². The van der Waals surface area contributed by atoms with Gasteiger partial charge in [-0.1, -0.05) is 59.7 Å². The van der Waals surface area contributed by atoms with Gasteiger partial charge in [-0.15, -0.1) is 0 Å². The zero-order chi connectivity index (χ0) is 43.7. The molecule has 0 amide bonds. The molecule has 2 N–H and O–H groups in total. The van der Waals surface area contributed by atoms with Crippen molar-refractivity contribution in [3.8, 4) is 46.0 Å². The molecule has 0 atom stereocenters. The minimum absolute atomic E-state index is 0.0262. The van der Waals surface area contributed by atoms with E-state index in [-0.39, 0.29) is 34.1 Å². The Bertz CT molecular complexity index is 2390. The molecular formula is C48H40O13. The van der Waals surface area contributed by atoms with Gasteiger partial charge in [0.1, 0.15) is 23.0 Å². The van der Waals surface area contributed by atoms with Crippen molar-refractivity contribution in [3.63, 3.8) is 0 Å². The lowest BCUT2D eigenvalue weighted by molar-refractivity contribution is -0.169. The number of esters is 2. The lowest BCUT2D eigenvalue weighted by Gasteiger charge is -2.22. The van der Waals surface area contributed by atoms with Gasteiger partial charge in [0, 0.05) is 22.3 Å². The molecule has 61 heavy (non-hydrogen) atoms. The normalized spacial score (nSPS) is 10.9. The third kappa shape index (κ3) is 10.8. The number of benzene rings is 6. The lowest BCUT2D eigenvalue weighted by atomic mass is 9.95. The Morgan fingerprint density at radius 2 is 0.787 bits per heavy atom. The highest BCUT2D eigenvalue weighted by Gasteiger charge is 2.42. The monoisotopic (exact) mass is 824 g/mol. The molecule has 13 heteroatoms. The maximum Gasteiger partial charge on any atom is 0.336 e. The number of ketones is 2. The van der Waals surface area contributed by atoms with Crippen molar-refractivity contribution in [2.75, 3.05) is 14.2 Å². The van der Waals surface area contributed by atoms with Crippen molar-refractivity contribution in [1.29, 1.82) is 0 Å². The van der Waals surface area contributed by atoms with E-state index in [0.717, 1.165) is 11.1 Å². The Kier molecular flexibility index (Phi) is 13.2. The molecule has 13 nitrogen and oxygen atoms in total. The highest BCUT2D eigenvalue weighted by Crippen LogP contribution is 2.37. The molecule has 310 valence electrons. The predicted molar refractivity (Wildman–Crippen MR) is 221 cm³/mol. The van der Waals surface area contributed by atoms with E-state index in [4.69, 9.17) is 28.4 Å². The first-order valence-corrected chi connectivity index (χ1v) is 18.8. The summed E-state index contributed by atoms with van der Waals surface area (Å²) >= 11 is 0. The largest absolute Gasteiger partial charge is 0.497 e. The average molecular weight is 825 g/mol. The molecule has 0 aliphatic heterocycles. The van der Waals surface area contributed by atoms with Crippen molar-refractivity contribution in [2.45, 2.75) is 32.3 Å². The highest BCUT2D eigenvalue weighted by molar-refractivity contribution is 6.10. The number of aliphatic hydroxyl groups is 1. The molecule has 0 aliphatic rings. The van der Waals surface area contributed by atoms with E-state index in [1.165, 1.54) is 50.6 Å². The van der Waals surface area contributed by atoms with Crippen LogP contribution in [0.15, 0.2) is 133 Å². The second-order valence-corrected chi connectivity index (χ2v) is 13.9. The van der Waals surface area contributed by atoms with Gasteiger partial charge < -0.3 is 38.6 Å². The van der Waals surface area contributed by atoms with Crippen molar-refractivity contribution in [3.05, 3.63) is 167 Å². The van der Waals surface area contributed by atoms with Gasteiger partial charge in [0.25, 0.3) is 0 Å². The first-order valence-electron chi connectivity index (χ1n) is 18.8. The minimum atomic E-state index is -3.05. The third-order valence-corrected chi connectivity index (χ3v) is 9.33. The fourth-order valence-corrected chi connectivity index (χ4v) is 5.92. The molecule has 0 aromatic heterocycles. The number of ether oxygens (including phenoxy) is 6. The SMILES string of the molecule is COc1ccc(Oc2ccc(C(=O)c3ccc(C)cc3)cc2OC(=O)CC(O)(CC(=O)Oc2cc(C(=O)c3ccc(C)cc3)ccc2Oc2ccc(OC)cc2)C(=O)O)cc1. The van der Waals surface area contributed by atoms with Crippen LogP contribution in [0.2, 0.25) is 0 Å². The molecule has 0 radical (unpaired) electrons. The van der Waals surface area contributed by atoms with Crippen molar-refractivity contribution in [1.82, 2.24) is 0 Å². The number of carbonyl (C=O) groups is 5. The zero-order valence-corrected chi connectivity index (χ0v) is 33.5. The molecule has 0 unspecified atom stereocenters. The van der Waals surface area contributed by atoms with Gasteiger partial charge in [-0.2, -0.15) is 0 Å². The first-order chi connectivity index (χ1) is 29.2. The van der Waals surface area contributed by atoms with Gasteiger partial charge in [0.05, 0.1) is 27.1 Å². The minimum Gasteiger partial charge on any atom is -0.497 e. The van der Waals surface area contributed by atoms with E-state index in [1.54, 1.807) is 97.1 Å². The number of carbonyl (C=O) groups excluding carboxylic acids is 4. The smallest absolute Gasteiger partial charge is 0.336 e. The number of methoxy groups -OCH3 is 2. The topological polar surface area (TPSA) is 181 Å². The van der Waals surface area contributed by atoms with Crippen LogP contribution in [-0.2, 0) is 14.4 Å². The van der Waals surface area contributed by atoms with Crippen LogP contribution in [0, 0.1) is 13.8 Å². The second kappa shape index (κ2) is 18.9. The summed E-state index contributed by atoms with van der Waals surface area (Å²) < 4.78 is 33.4. The van der Waals surface area contributed by atoms with E-state index in [2.05, 4.69) is 0 Å². The highest BCUT2D eigenvalue weighted by atomic mass is 16.6. The van der Waals surface area contributed by atoms with E-state index in [9.17, 15) is 34.2 Å². The Labute approximate surface area is 350 Å². The Hall–Kier alpha value is -7.77. The van der Waals surface area contributed by atoms with Crippen LogP contribution in [0.4, 0.5) is 0 Å². The summed E-state index contributed by atoms with van der Waals surface area (Å²) in [5, 5.41) is 21.5. The van der Waals surface area contributed by atoms with Gasteiger partial charge in [-0.05, 0) is 98.8 Å². The number of aryl methyl sites for hydroxylation is 2. The lowest BCUT2D eigenvalue weighted by Crippen LogP contribution is -2.44. The summed E-state index contributed by atoms with van der Waals surface area (Å²) in [6, 6.07) is 34.8. The summed E-state index contributed by atoms with van der Waals surface area (Å²) in [5.74, 6) is -4.20. The zero-order valence-electron chi connectivity index (χ0n) is 33.5. The number of rotatable bonds is 17. The van der Waals surface area contributed by atoms with Gasteiger partial charge in [-0.25, -0.2) is 4.79 Å². The molecule has 0 saturated heterocycles. The quantitative estimate of drug-likeness (QED) is 0.0508. The molecule has 6 aromatic carbocycles. The molecule has 0 heterocycles. The van der Waals surface area contributed by atoms with Gasteiger partial charge in [0.15, 0.2) is 40.2 Å². The first kappa shape index (κ1) is 42.8. The van der Waals surface area contributed by atoms with Crippen LogP contribution in [0.3, 0.4) is 0 Å². The molecule has 0 bridgehead atoms. The Balaban J connectivity index is 1.25. The number of carboxylic acid groups (broad SMARTS) is 1. The Morgan fingerprint density at radius 1 is 0.459 bits per heavy atom. The third-order valence-electron chi connectivity index (χ3n) is 9.33. The summed E-state index contributed by atoms with van der Waals surface area (Å²) in [5.41, 5.74) is -0.238. The van der Waals surface area contributed by atoms with Gasteiger partial charge >= 0.3 is 17.9 Å². The van der Waals surface area contributed by atoms with Crippen molar-refractivity contribution >= 4 is 29.5 Å². The summed E-state index contributed by atoms with van der Waals surface area (Å²) in [4.78, 5) is 66.4. The molecule has 6 aromatic rings. The summed E-state index contributed by atoms with van der Waals surface area (Å²) in [7, 11) is 3.00. The van der Waals surface area contributed by atoms with Crippen LogP contribution in [0.25, 0.3) is 0 Å². The molecule has 0 spiro atoms. The van der Waals surface area contributed by atoms with Crippen LogP contribution in [0.1, 0.15) is 55.8 Å². The molecular weight excluding hydrogens is 785 g/mol. The van der Waals surface area contributed by atoms with Gasteiger partial charge in [-0.3, -0.25) is 19.2 Å². The van der Waals surface area contributed by atoms with Crippen LogP contribution in [0.5, 0.6) is 46.0 Å². The van der Waals surface area contributed by atoms with E-state index in [1.807, 2.05) is 13.8 Å². The number of hydrogen-bond donors (Lipinski definition) is 2. The Morgan fingerprint density at radius 3 is 1.11 bits per heavy atom. The maximum atomic E-state index is 13.5. The number of hydrogen-bond acceptors (Lipinski definition) is 12. The van der Waals surface area contributed by atoms with Crippen LogP contribution >= 0.6 is 0 Å². The summed E-state index contributed by atoms with van der Waals surface area (Å²) in [6.45, 7) is 3.75.